The number of rotatable bonds is 2. The molecular weight excluding hydrogens is 88.9 g/mol. The van der Waals surface area contributed by atoms with Gasteiger partial charge in [-0.3, -0.25) is 4.79 Å². The molecule has 0 unspecified atom stereocenters. The molecule has 1 amide bonds. The van der Waals surface area contributed by atoms with Crippen LogP contribution in [0.15, 0.2) is 12.7 Å². The molecule has 0 rings (SSSR count). The Labute approximate surface area is 44.0 Å². The molecule has 0 aromatic carbocycles. The first-order valence-electron chi connectivity index (χ1n) is 1.91. The molecule has 0 aromatic heterocycles. The molecule has 0 atom stereocenters. The van der Waals surface area contributed by atoms with E-state index in [1.165, 1.54) is 0 Å². The first kappa shape index (κ1) is 6.27. The van der Waals surface area contributed by atoms with Gasteiger partial charge in [-0.1, -0.05) is 6.08 Å². The van der Waals surface area contributed by atoms with E-state index in [-0.39, 0.29) is 0 Å². The summed E-state index contributed by atoms with van der Waals surface area (Å²) in [4.78, 5) is 9.82. The van der Waals surface area contributed by atoms with Crippen molar-refractivity contribution >= 4 is 13.7 Å². The van der Waals surface area contributed by atoms with Crippen molar-refractivity contribution in [3.63, 3.8) is 0 Å². The summed E-state index contributed by atoms with van der Waals surface area (Å²) in [5.41, 5.74) is 0. The van der Waals surface area contributed by atoms with Crippen molar-refractivity contribution in [2.75, 3.05) is 6.54 Å². The summed E-state index contributed by atoms with van der Waals surface area (Å²) in [6, 6.07) is 0. The highest BCUT2D eigenvalue weighted by Crippen LogP contribution is 1.58. The summed E-state index contributed by atoms with van der Waals surface area (Å²) in [6.45, 7) is 3.80. The fourth-order valence-corrected chi connectivity index (χ4v) is 0.173. The van der Waals surface area contributed by atoms with Crippen LogP contribution in [0.2, 0.25) is 0 Å². The maximum atomic E-state index is 9.82. The van der Waals surface area contributed by atoms with Crippen LogP contribution in [0.4, 0.5) is 4.79 Å². The zero-order chi connectivity index (χ0) is 5.70. The van der Waals surface area contributed by atoms with E-state index in [9.17, 15) is 4.79 Å². The Morgan fingerprint density at radius 3 is 2.71 bits per heavy atom. The largest absolute Gasteiger partial charge is 0.363 e. The predicted molar refractivity (Wildman–Crippen MR) is 29.3 cm³/mol. The van der Waals surface area contributed by atoms with Crippen molar-refractivity contribution in [1.29, 1.82) is 0 Å². The van der Waals surface area contributed by atoms with Gasteiger partial charge in [-0.05, 0) is 0 Å². The van der Waals surface area contributed by atoms with Crippen LogP contribution in [-0.4, -0.2) is 20.2 Å². The van der Waals surface area contributed by atoms with Crippen LogP contribution < -0.4 is 5.32 Å². The lowest BCUT2D eigenvalue weighted by Crippen LogP contribution is -2.20. The van der Waals surface area contributed by atoms with E-state index in [0.717, 1.165) is 0 Å². The molecule has 7 heavy (non-hydrogen) atoms. The maximum absolute atomic E-state index is 9.82. The Kier molecular flexibility index (Phi) is 3.11. The van der Waals surface area contributed by atoms with E-state index in [0.29, 0.717) is 6.54 Å². The Hall–Kier alpha value is -0.725. The first-order chi connectivity index (χ1) is 3.27. The van der Waals surface area contributed by atoms with E-state index in [1.54, 1.807) is 6.08 Å². The molecule has 0 saturated carbocycles. The second kappa shape index (κ2) is 3.46. The monoisotopic (exact) mass is 95.1 g/mol. The molecule has 3 heteroatoms. The summed E-state index contributed by atoms with van der Waals surface area (Å²) in [6.07, 6.45) is 1.56. The smallest absolute Gasteiger partial charge is 0.200 e. The van der Waals surface area contributed by atoms with Gasteiger partial charge in [0.15, 0.2) is 5.81 Å². The molecule has 0 aliphatic heterocycles. The van der Waals surface area contributed by atoms with Crippen molar-refractivity contribution in [2.45, 2.75) is 0 Å². The zero-order valence-electron chi connectivity index (χ0n) is 3.98. The Morgan fingerprint density at radius 2 is 2.57 bits per heavy atom. The topological polar surface area (TPSA) is 29.1 Å². The Bertz CT molecular complexity index is 81.8. The minimum atomic E-state index is -0.514. The molecule has 0 aromatic rings. The number of hydrogen-bond donors (Lipinski definition) is 1. The van der Waals surface area contributed by atoms with E-state index < -0.39 is 5.81 Å². The number of hydrogen-bond acceptors (Lipinski definition) is 1. The third-order valence-electron chi connectivity index (χ3n) is 0.421. The normalized spacial score (nSPS) is 7.43. The number of carbonyl (C=O) groups excluding carboxylic acids is 1. The minimum Gasteiger partial charge on any atom is -0.363 e. The highest BCUT2D eigenvalue weighted by molar-refractivity contribution is 6.57. The molecule has 36 valence electrons. The van der Waals surface area contributed by atoms with Gasteiger partial charge >= 0.3 is 0 Å². The summed E-state index contributed by atoms with van der Waals surface area (Å²) in [5, 5.41) is 2.32. The van der Waals surface area contributed by atoms with Gasteiger partial charge in [-0.15, -0.1) is 6.58 Å². The lowest BCUT2D eigenvalue weighted by Gasteiger charge is -1.91. The van der Waals surface area contributed by atoms with Gasteiger partial charge < -0.3 is 5.32 Å². The SMILES string of the molecule is [B]C(=O)NCC=C. The third-order valence-corrected chi connectivity index (χ3v) is 0.421. The van der Waals surface area contributed by atoms with Crippen LogP contribution in [0.1, 0.15) is 0 Å². The second-order valence-corrected chi connectivity index (χ2v) is 1.03. The van der Waals surface area contributed by atoms with Crippen molar-refractivity contribution in [3.8, 4) is 0 Å². The van der Waals surface area contributed by atoms with Crippen molar-refractivity contribution < 1.29 is 4.79 Å². The number of amides is 1. The fourth-order valence-electron chi connectivity index (χ4n) is 0.173. The molecule has 0 aliphatic carbocycles. The van der Waals surface area contributed by atoms with Gasteiger partial charge in [-0.2, -0.15) is 0 Å². The van der Waals surface area contributed by atoms with Crippen LogP contribution in [-0.2, 0) is 0 Å². The van der Waals surface area contributed by atoms with Gasteiger partial charge in [0.25, 0.3) is 0 Å². The van der Waals surface area contributed by atoms with Crippen LogP contribution in [0.3, 0.4) is 0 Å². The minimum absolute atomic E-state index is 0.440. The van der Waals surface area contributed by atoms with Crippen molar-refractivity contribution in [1.82, 2.24) is 5.32 Å². The number of nitrogens with one attached hydrogen (secondary N) is 1. The van der Waals surface area contributed by atoms with E-state index in [1.807, 2.05) is 0 Å². The van der Waals surface area contributed by atoms with Gasteiger partial charge in [0.05, 0.1) is 0 Å². The maximum Gasteiger partial charge on any atom is 0.200 e. The van der Waals surface area contributed by atoms with Crippen molar-refractivity contribution in [2.24, 2.45) is 0 Å². The summed E-state index contributed by atoms with van der Waals surface area (Å²) in [5.74, 6) is -0.514. The van der Waals surface area contributed by atoms with Crippen LogP contribution in [0.5, 0.6) is 0 Å². The van der Waals surface area contributed by atoms with E-state index in [4.69, 9.17) is 0 Å². The molecule has 0 bridgehead atoms. The van der Waals surface area contributed by atoms with Crippen LogP contribution >= 0.6 is 0 Å². The molecule has 2 radical (unpaired) electrons. The van der Waals surface area contributed by atoms with Crippen LogP contribution in [0.25, 0.3) is 0 Å². The average molecular weight is 94.9 g/mol. The quantitative estimate of drug-likeness (QED) is 0.381. The molecule has 0 heterocycles. The number of carbonyl (C=O) groups is 1. The van der Waals surface area contributed by atoms with Gasteiger partial charge in [0.2, 0.25) is 7.85 Å². The zero-order valence-corrected chi connectivity index (χ0v) is 3.98. The van der Waals surface area contributed by atoms with Gasteiger partial charge in [0.1, 0.15) is 0 Å². The molecule has 1 N–H and O–H groups in total. The summed E-state index contributed by atoms with van der Waals surface area (Å²) < 4.78 is 0. The van der Waals surface area contributed by atoms with E-state index in [2.05, 4.69) is 19.7 Å². The summed E-state index contributed by atoms with van der Waals surface area (Å²) >= 11 is 0. The predicted octanol–water partition coefficient (Wildman–Crippen LogP) is 0.0505. The molecule has 0 spiro atoms. The Morgan fingerprint density at radius 1 is 2.00 bits per heavy atom. The standard InChI is InChI=1S/C4H6BNO/c1-2-3-6-4(5)7/h2H,1,3H2,(H,6,7). The highest BCUT2D eigenvalue weighted by atomic mass is 16.1. The Balaban J connectivity index is 2.97. The van der Waals surface area contributed by atoms with Crippen LogP contribution in [0, 0.1) is 0 Å². The third kappa shape index (κ3) is 5.27. The van der Waals surface area contributed by atoms with Crippen molar-refractivity contribution in [3.05, 3.63) is 12.7 Å². The lowest BCUT2D eigenvalue weighted by atomic mass is 10.1. The molecule has 0 fully saturated rings. The van der Waals surface area contributed by atoms with E-state index >= 15 is 0 Å². The fraction of sp³-hybridized carbons (Fsp3) is 0.250. The summed E-state index contributed by atoms with van der Waals surface area (Å²) in [7, 11) is 4.68. The first-order valence-corrected chi connectivity index (χ1v) is 1.91. The van der Waals surface area contributed by atoms with Gasteiger partial charge in [0, 0.05) is 6.54 Å². The molecule has 0 saturated heterocycles. The van der Waals surface area contributed by atoms with Gasteiger partial charge in [-0.25, -0.2) is 0 Å². The highest BCUT2D eigenvalue weighted by Gasteiger charge is 1.80. The average Bonchev–Trinajstić information content (AvgIpc) is 1.61. The molecular formula is C4H6BNO. The second-order valence-electron chi connectivity index (χ2n) is 1.03. The lowest BCUT2D eigenvalue weighted by molar-refractivity contribution is 0.260. The molecule has 0 aliphatic rings. The molecule has 2 nitrogen and oxygen atoms in total.